The van der Waals surface area contributed by atoms with Crippen molar-refractivity contribution in [2.24, 2.45) is 0 Å². The highest BCUT2D eigenvalue weighted by molar-refractivity contribution is 5.80. The number of anilines is 2. The summed E-state index contributed by atoms with van der Waals surface area (Å²) in [5.41, 5.74) is 5.08. The van der Waals surface area contributed by atoms with Gasteiger partial charge in [0.2, 0.25) is 0 Å². The molecule has 0 unspecified atom stereocenters. The van der Waals surface area contributed by atoms with Gasteiger partial charge in [0, 0.05) is 23.6 Å². The van der Waals surface area contributed by atoms with Crippen molar-refractivity contribution >= 4 is 17.2 Å². The number of benzene rings is 2. The van der Waals surface area contributed by atoms with Crippen molar-refractivity contribution in [2.45, 2.75) is 6.92 Å². The molecule has 112 valence electrons. The van der Waals surface area contributed by atoms with Gasteiger partial charge in [-0.25, -0.2) is 4.98 Å². The third kappa shape index (κ3) is 2.44. The molecule has 2 aromatic carbocycles. The Morgan fingerprint density at radius 3 is 2.57 bits per heavy atom. The van der Waals surface area contributed by atoms with Crippen LogP contribution in [0.5, 0.6) is 0 Å². The largest absolute Gasteiger partial charge is 0.339 e. The van der Waals surface area contributed by atoms with Crippen molar-refractivity contribution in [3.8, 4) is 11.3 Å². The number of hydrogen-bond donors (Lipinski definition) is 1. The number of para-hydroxylation sites is 1. The number of imidazole rings is 1. The Morgan fingerprint density at radius 2 is 1.74 bits per heavy atom. The van der Waals surface area contributed by atoms with Crippen LogP contribution in [0.2, 0.25) is 0 Å². The van der Waals surface area contributed by atoms with Gasteiger partial charge in [-0.05, 0) is 18.6 Å². The van der Waals surface area contributed by atoms with Crippen LogP contribution in [0, 0.1) is 6.92 Å². The number of nitrogens with zero attached hydrogens (tertiary/aromatic N) is 3. The predicted octanol–water partition coefficient (Wildman–Crippen LogP) is 4.45. The first kappa shape index (κ1) is 13.5. The van der Waals surface area contributed by atoms with E-state index >= 15 is 0 Å². The second-order valence-electron chi connectivity index (χ2n) is 5.42. The smallest absolute Gasteiger partial charge is 0.157 e. The van der Waals surface area contributed by atoms with E-state index in [1.54, 1.807) is 12.4 Å². The lowest BCUT2D eigenvalue weighted by Gasteiger charge is -2.11. The summed E-state index contributed by atoms with van der Waals surface area (Å²) in [4.78, 5) is 8.92. The van der Waals surface area contributed by atoms with E-state index in [2.05, 4.69) is 41.5 Å². The van der Waals surface area contributed by atoms with E-state index in [1.165, 1.54) is 5.56 Å². The highest BCUT2D eigenvalue weighted by Gasteiger charge is 2.14. The highest BCUT2D eigenvalue weighted by Crippen LogP contribution is 2.31. The Kier molecular flexibility index (Phi) is 3.27. The Bertz CT molecular complexity index is 957. The second-order valence-corrected chi connectivity index (χ2v) is 5.42. The average Bonchev–Trinajstić information content (AvgIpc) is 2.96. The van der Waals surface area contributed by atoms with Crippen molar-refractivity contribution in [1.82, 2.24) is 14.4 Å². The molecule has 0 fully saturated rings. The molecule has 2 aromatic heterocycles. The molecule has 4 rings (SSSR count). The van der Waals surface area contributed by atoms with Gasteiger partial charge < -0.3 is 5.32 Å². The van der Waals surface area contributed by atoms with Crippen LogP contribution in [0.1, 0.15) is 5.56 Å². The zero-order valence-electron chi connectivity index (χ0n) is 12.8. The molecule has 1 N–H and O–H groups in total. The van der Waals surface area contributed by atoms with Crippen LogP contribution in [-0.2, 0) is 0 Å². The molecule has 4 heteroatoms. The van der Waals surface area contributed by atoms with Gasteiger partial charge in [0.25, 0.3) is 0 Å². The lowest BCUT2D eigenvalue weighted by atomic mass is 10.1. The summed E-state index contributed by atoms with van der Waals surface area (Å²) in [5, 5.41) is 3.53. The molecule has 0 aliphatic heterocycles. The van der Waals surface area contributed by atoms with E-state index < -0.39 is 0 Å². The number of aromatic nitrogens is 3. The fourth-order valence-corrected chi connectivity index (χ4v) is 2.66. The molecule has 2 heterocycles. The quantitative estimate of drug-likeness (QED) is 0.608. The van der Waals surface area contributed by atoms with E-state index in [4.69, 9.17) is 4.98 Å². The fourth-order valence-electron chi connectivity index (χ4n) is 2.66. The minimum absolute atomic E-state index is 0.822. The molecule has 0 amide bonds. The van der Waals surface area contributed by atoms with Gasteiger partial charge in [-0.1, -0.05) is 48.5 Å². The molecule has 0 saturated heterocycles. The van der Waals surface area contributed by atoms with Gasteiger partial charge in [0.1, 0.15) is 11.5 Å². The second kappa shape index (κ2) is 5.57. The third-order valence-electron chi connectivity index (χ3n) is 3.88. The molecule has 0 radical (unpaired) electrons. The standard InChI is InChI=1S/C19H16N4/c1-14-7-5-6-10-16(14)21-19-18(15-8-3-2-4-9-15)22-17-13-20-11-12-23(17)19/h2-13,21H,1H3. The zero-order chi connectivity index (χ0) is 15.6. The molecule has 0 spiro atoms. The van der Waals surface area contributed by atoms with Crippen LogP contribution in [0.3, 0.4) is 0 Å². The average molecular weight is 300 g/mol. The van der Waals surface area contributed by atoms with Crippen LogP contribution < -0.4 is 5.32 Å². The van der Waals surface area contributed by atoms with Crippen LogP contribution in [0.25, 0.3) is 16.9 Å². The van der Waals surface area contributed by atoms with Gasteiger partial charge in [-0.3, -0.25) is 9.38 Å². The lowest BCUT2D eigenvalue weighted by molar-refractivity contribution is 1.13. The Balaban J connectivity index is 1.92. The highest BCUT2D eigenvalue weighted by atomic mass is 15.1. The van der Waals surface area contributed by atoms with Crippen LogP contribution in [0.4, 0.5) is 11.5 Å². The van der Waals surface area contributed by atoms with E-state index in [9.17, 15) is 0 Å². The fraction of sp³-hybridized carbons (Fsp3) is 0.0526. The molecule has 23 heavy (non-hydrogen) atoms. The lowest BCUT2D eigenvalue weighted by Crippen LogP contribution is -1.98. The SMILES string of the molecule is Cc1ccccc1Nc1c(-c2ccccc2)nc2cnccn12. The molecule has 0 aliphatic rings. The first-order valence-corrected chi connectivity index (χ1v) is 7.53. The van der Waals surface area contributed by atoms with Crippen LogP contribution >= 0.6 is 0 Å². The number of hydrogen-bond acceptors (Lipinski definition) is 3. The van der Waals surface area contributed by atoms with Crippen LogP contribution in [0.15, 0.2) is 73.2 Å². The normalized spacial score (nSPS) is 10.8. The molecular weight excluding hydrogens is 284 g/mol. The summed E-state index contributed by atoms with van der Waals surface area (Å²) < 4.78 is 2.03. The third-order valence-corrected chi connectivity index (χ3v) is 3.88. The first-order chi connectivity index (χ1) is 11.3. The molecule has 0 aliphatic carbocycles. The maximum atomic E-state index is 4.75. The zero-order valence-corrected chi connectivity index (χ0v) is 12.8. The van der Waals surface area contributed by atoms with E-state index in [0.29, 0.717) is 0 Å². The number of rotatable bonds is 3. The van der Waals surface area contributed by atoms with Gasteiger partial charge in [0.05, 0.1) is 6.20 Å². The van der Waals surface area contributed by atoms with E-state index in [-0.39, 0.29) is 0 Å². The predicted molar refractivity (Wildman–Crippen MR) is 92.9 cm³/mol. The Morgan fingerprint density at radius 1 is 0.957 bits per heavy atom. The molecule has 0 atom stereocenters. The van der Waals surface area contributed by atoms with Gasteiger partial charge in [-0.15, -0.1) is 0 Å². The van der Waals surface area contributed by atoms with Crippen LogP contribution in [-0.4, -0.2) is 14.4 Å². The molecular formula is C19H16N4. The Hall–Kier alpha value is -3.14. The summed E-state index contributed by atoms with van der Waals surface area (Å²) in [6, 6.07) is 18.4. The topological polar surface area (TPSA) is 42.2 Å². The monoisotopic (exact) mass is 300 g/mol. The van der Waals surface area contributed by atoms with E-state index in [1.807, 2.05) is 40.9 Å². The molecule has 0 saturated carbocycles. The maximum Gasteiger partial charge on any atom is 0.157 e. The number of aryl methyl sites for hydroxylation is 1. The number of nitrogens with one attached hydrogen (secondary N) is 1. The van der Waals surface area contributed by atoms with Crippen molar-refractivity contribution in [3.63, 3.8) is 0 Å². The van der Waals surface area contributed by atoms with Crippen molar-refractivity contribution in [3.05, 3.63) is 78.8 Å². The van der Waals surface area contributed by atoms with E-state index in [0.717, 1.165) is 28.4 Å². The first-order valence-electron chi connectivity index (χ1n) is 7.53. The summed E-state index contributed by atoms with van der Waals surface area (Å²) in [6.45, 7) is 2.09. The molecule has 4 aromatic rings. The summed E-state index contributed by atoms with van der Waals surface area (Å²) in [6.07, 6.45) is 5.47. The van der Waals surface area contributed by atoms with Gasteiger partial charge >= 0.3 is 0 Å². The minimum atomic E-state index is 0.822. The summed E-state index contributed by atoms with van der Waals surface area (Å²) in [5.74, 6) is 0.947. The number of fused-ring (bicyclic) bond motifs is 1. The molecule has 0 bridgehead atoms. The minimum Gasteiger partial charge on any atom is -0.339 e. The maximum absolute atomic E-state index is 4.75. The molecule has 4 nitrogen and oxygen atoms in total. The summed E-state index contributed by atoms with van der Waals surface area (Å²) >= 11 is 0. The van der Waals surface area contributed by atoms with Crippen molar-refractivity contribution in [2.75, 3.05) is 5.32 Å². The van der Waals surface area contributed by atoms with Crippen molar-refractivity contribution < 1.29 is 0 Å². The van der Waals surface area contributed by atoms with Gasteiger partial charge in [0.15, 0.2) is 5.65 Å². The Labute approximate surface area is 134 Å². The van der Waals surface area contributed by atoms with Crippen molar-refractivity contribution in [1.29, 1.82) is 0 Å². The summed E-state index contributed by atoms with van der Waals surface area (Å²) in [7, 11) is 0. The van der Waals surface area contributed by atoms with Gasteiger partial charge in [-0.2, -0.15) is 0 Å².